The highest BCUT2D eigenvalue weighted by Gasteiger charge is 2.38. The zero-order chi connectivity index (χ0) is 41.2. The van der Waals surface area contributed by atoms with Crippen molar-refractivity contribution in [2.75, 3.05) is 27.3 Å². The van der Waals surface area contributed by atoms with Crippen LogP contribution in [0.5, 0.6) is 5.75 Å². The number of hydrogen-bond donors (Lipinski definition) is 3. The van der Waals surface area contributed by atoms with Crippen molar-refractivity contribution >= 4 is 34.9 Å². The Morgan fingerprint density at radius 1 is 0.927 bits per heavy atom. The number of thiazole rings is 1. The molecule has 0 saturated heterocycles. The number of nitrogens with one attached hydrogen (secondary N) is 2. The largest absolute Gasteiger partial charge is 0.508 e. The highest BCUT2D eigenvalue weighted by Crippen LogP contribution is 2.33. The van der Waals surface area contributed by atoms with Crippen molar-refractivity contribution in [1.82, 2.24) is 20.5 Å². The van der Waals surface area contributed by atoms with E-state index in [1.807, 2.05) is 18.9 Å². The summed E-state index contributed by atoms with van der Waals surface area (Å²) in [6, 6.07) is 5.88. The van der Waals surface area contributed by atoms with E-state index in [9.17, 15) is 24.3 Å². The third kappa shape index (κ3) is 14.6. The summed E-state index contributed by atoms with van der Waals surface area (Å²) in [7, 11) is 3.17. The van der Waals surface area contributed by atoms with E-state index >= 15 is 0 Å². The number of phenolic OH excluding ortho intramolecular Hbond substituents is 1. The molecule has 0 bridgehead atoms. The predicted molar refractivity (Wildman–Crippen MR) is 220 cm³/mol. The summed E-state index contributed by atoms with van der Waals surface area (Å²) in [5.41, 5.74) is 1.15. The van der Waals surface area contributed by atoms with Gasteiger partial charge in [-0.05, 0) is 68.2 Å². The fourth-order valence-corrected chi connectivity index (χ4v) is 8.02. The normalized spacial score (nSPS) is 16.0. The fourth-order valence-electron chi connectivity index (χ4n) is 7.16. The lowest BCUT2D eigenvalue weighted by molar-refractivity contribution is -0.145. The molecule has 2 aromatic rings. The van der Waals surface area contributed by atoms with Crippen LogP contribution in [0.1, 0.15) is 134 Å². The maximum Gasteiger partial charge on any atom is 0.308 e. The van der Waals surface area contributed by atoms with Crippen molar-refractivity contribution in [3.63, 3.8) is 0 Å². The van der Waals surface area contributed by atoms with Crippen molar-refractivity contribution in [1.29, 1.82) is 0 Å². The van der Waals surface area contributed by atoms with Gasteiger partial charge >= 0.3 is 5.97 Å². The number of ether oxygens (including phenoxy) is 2. The second kappa shape index (κ2) is 24.3. The number of amides is 2. The number of rotatable bonds is 26. The van der Waals surface area contributed by atoms with Gasteiger partial charge in [-0.3, -0.25) is 19.2 Å². The summed E-state index contributed by atoms with van der Waals surface area (Å²) in [5.74, 6) is -1.10. The minimum atomic E-state index is -0.457. The molecule has 1 aromatic carbocycles. The van der Waals surface area contributed by atoms with Crippen LogP contribution >= 0.6 is 11.3 Å². The molecule has 0 aliphatic rings. The minimum absolute atomic E-state index is 0.0107. The van der Waals surface area contributed by atoms with Crippen molar-refractivity contribution in [3.05, 3.63) is 45.9 Å². The zero-order valence-electron chi connectivity index (χ0n) is 35.4. The average molecular weight is 787 g/mol. The minimum Gasteiger partial charge on any atom is -0.508 e. The third-order valence-corrected chi connectivity index (χ3v) is 11.8. The fraction of sp³-hybridized carbons (Fsp3) is 0.698. The number of methoxy groups -OCH3 is 1. The van der Waals surface area contributed by atoms with Crippen LogP contribution in [0.2, 0.25) is 0 Å². The Morgan fingerprint density at radius 3 is 2.13 bits per heavy atom. The number of aromatic hydroxyl groups is 1. The maximum atomic E-state index is 14.7. The summed E-state index contributed by atoms with van der Waals surface area (Å²) < 4.78 is 11.4. The highest BCUT2D eigenvalue weighted by molar-refractivity contribution is 7.09. The average Bonchev–Trinajstić information content (AvgIpc) is 3.67. The van der Waals surface area contributed by atoms with Gasteiger partial charge < -0.3 is 30.1 Å². The molecule has 0 aliphatic heterocycles. The molecule has 2 amide bonds. The van der Waals surface area contributed by atoms with Gasteiger partial charge in [-0.1, -0.05) is 87.3 Å². The van der Waals surface area contributed by atoms with E-state index in [1.54, 1.807) is 36.6 Å². The predicted octanol–water partition coefficient (Wildman–Crippen LogP) is 7.77. The maximum absolute atomic E-state index is 14.7. The number of Topliss-reactive ketones (excluding diaryl/α,β-unsaturated/α-hetero) is 1. The quantitative estimate of drug-likeness (QED) is 0.0815. The molecule has 11 nitrogen and oxygen atoms in total. The first-order valence-electron chi connectivity index (χ1n) is 20.4. The number of nitrogens with zero attached hydrogens (tertiary/aromatic N) is 2. The molecule has 55 heavy (non-hydrogen) atoms. The molecule has 3 N–H and O–H groups in total. The lowest BCUT2D eigenvalue weighted by atomic mass is 9.82. The van der Waals surface area contributed by atoms with Gasteiger partial charge in [0.15, 0.2) is 5.78 Å². The topological polar surface area (TPSA) is 147 Å². The first-order chi connectivity index (χ1) is 26.1. The van der Waals surface area contributed by atoms with Crippen molar-refractivity contribution in [2.24, 2.45) is 29.6 Å². The second-order valence-electron chi connectivity index (χ2n) is 15.5. The molecule has 8 atom stereocenters. The van der Waals surface area contributed by atoms with E-state index in [0.717, 1.165) is 31.2 Å². The Kier molecular flexibility index (Phi) is 21.1. The number of phenols is 1. The lowest BCUT2D eigenvalue weighted by Gasteiger charge is -2.39. The molecular weight excluding hydrogens is 717 g/mol. The first kappa shape index (κ1) is 47.8. The molecule has 12 heteroatoms. The van der Waals surface area contributed by atoms with E-state index in [1.165, 1.54) is 18.4 Å². The Hall–Kier alpha value is -3.35. The number of esters is 1. The number of carbonyl (C=O) groups is 4. The summed E-state index contributed by atoms with van der Waals surface area (Å²) in [6.07, 6.45) is 4.24. The van der Waals surface area contributed by atoms with E-state index in [4.69, 9.17) is 14.5 Å². The van der Waals surface area contributed by atoms with E-state index in [0.29, 0.717) is 37.4 Å². The smallest absolute Gasteiger partial charge is 0.308 e. The van der Waals surface area contributed by atoms with Crippen molar-refractivity contribution in [2.45, 2.75) is 138 Å². The monoisotopic (exact) mass is 786 g/mol. The summed E-state index contributed by atoms with van der Waals surface area (Å²) >= 11 is 1.36. The van der Waals surface area contributed by atoms with Crippen LogP contribution in [-0.4, -0.2) is 84.0 Å². The SMILES string of the molecule is CCCO[C@H](C[C@H](C(C)C)N(CCC)C(=O)[C@@H](CC(=O)[C@H](NC)[C@@H](C)CC)[C@@H](C)CC)c1nc(C(=O)N[C@@H](Cc2ccc(O)cc2)C[C@H](C)C(=O)OC)cs1. The standard InChI is InChI=1S/C43H70N4O7S/c1-12-20-47(42(51)34(28(7)14-3)24-37(49)39(44-10)29(8)15-4)36(27(5)6)25-38(54-21-13-2)41-46-35(26-55-41)40(50)45-32(22-30(9)43(52)53-11)23-31-16-18-33(48)19-17-31/h16-19,26-30,32,34,36,38-39,44,48H,12-15,20-25H2,1-11H3,(H,45,50)/t28-,29-,30-,32+,34-,36+,38+,39+/m0/s1. The van der Waals surface area contributed by atoms with Crippen LogP contribution < -0.4 is 10.6 Å². The van der Waals surface area contributed by atoms with Crippen molar-refractivity contribution < 1.29 is 33.8 Å². The molecule has 310 valence electrons. The number of likely N-dealkylation sites (N-methyl/N-ethyl adjacent to an activating group) is 1. The lowest BCUT2D eigenvalue weighted by Crippen LogP contribution is -2.50. The highest BCUT2D eigenvalue weighted by atomic mass is 32.1. The van der Waals surface area contributed by atoms with Gasteiger partial charge in [0.05, 0.1) is 19.1 Å². The van der Waals surface area contributed by atoms with Crippen LogP contribution in [-0.2, 0) is 30.3 Å². The Labute approximate surface area is 334 Å². The van der Waals surface area contributed by atoms with Crippen molar-refractivity contribution in [3.8, 4) is 5.75 Å². The van der Waals surface area contributed by atoms with Gasteiger partial charge in [-0.25, -0.2) is 4.98 Å². The summed E-state index contributed by atoms with van der Waals surface area (Å²) in [5, 5.41) is 18.4. The molecule has 0 unspecified atom stereocenters. The molecule has 0 saturated carbocycles. The molecule has 1 heterocycles. The molecule has 1 aromatic heterocycles. The molecular formula is C43H70N4O7S. The first-order valence-corrected chi connectivity index (χ1v) is 21.3. The van der Waals surface area contributed by atoms with Crippen LogP contribution in [0.4, 0.5) is 0 Å². The zero-order valence-corrected chi connectivity index (χ0v) is 36.2. The molecule has 0 radical (unpaired) electrons. The van der Waals surface area contributed by atoms with Gasteiger partial charge in [0, 0.05) is 49.4 Å². The number of aromatic nitrogens is 1. The van der Waals surface area contributed by atoms with Gasteiger partial charge in [-0.15, -0.1) is 11.3 Å². The number of benzene rings is 1. The van der Waals surface area contributed by atoms with Gasteiger partial charge in [0.25, 0.3) is 5.91 Å². The summed E-state index contributed by atoms with van der Waals surface area (Å²) in [4.78, 5) is 61.2. The number of ketones is 1. The molecule has 2 rings (SSSR count). The number of carbonyl (C=O) groups excluding carboxylic acids is 4. The van der Waals surface area contributed by atoms with Crippen LogP contribution in [0, 0.1) is 29.6 Å². The van der Waals surface area contributed by atoms with Gasteiger partial charge in [0.1, 0.15) is 22.6 Å². The molecule has 0 spiro atoms. The van der Waals surface area contributed by atoms with E-state index in [2.05, 4.69) is 59.1 Å². The van der Waals surface area contributed by atoms with E-state index < -0.39 is 24.0 Å². The molecule has 0 fully saturated rings. The van der Waals surface area contributed by atoms with Crippen LogP contribution in [0.25, 0.3) is 0 Å². The Morgan fingerprint density at radius 2 is 1.58 bits per heavy atom. The Bertz CT molecular complexity index is 1470. The number of hydrogen-bond acceptors (Lipinski definition) is 10. The van der Waals surface area contributed by atoms with Crippen LogP contribution in [0.3, 0.4) is 0 Å². The molecule has 0 aliphatic carbocycles. The van der Waals surface area contributed by atoms with Crippen LogP contribution in [0.15, 0.2) is 29.6 Å². The van der Waals surface area contributed by atoms with E-state index in [-0.39, 0.29) is 71.3 Å². The second-order valence-corrected chi connectivity index (χ2v) is 16.4. The Balaban J connectivity index is 2.42. The van der Waals surface area contributed by atoms with Gasteiger partial charge in [0.2, 0.25) is 5.91 Å². The van der Waals surface area contributed by atoms with Gasteiger partial charge in [-0.2, -0.15) is 0 Å². The summed E-state index contributed by atoms with van der Waals surface area (Å²) in [6.45, 7) is 19.5. The third-order valence-electron chi connectivity index (χ3n) is 10.9.